The van der Waals surface area contributed by atoms with E-state index in [0.717, 1.165) is 0 Å². The van der Waals surface area contributed by atoms with Gasteiger partial charge in [-0.3, -0.25) is 14.4 Å². The van der Waals surface area contributed by atoms with Gasteiger partial charge in [-0.25, -0.2) is 4.68 Å². The Morgan fingerprint density at radius 1 is 1.32 bits per heavy atom. The van der Waals surface area contributed by atoms with Gasteiger partial charge < -0.3 is 10.1 Å². The van der Waals surface area contributed by atoms with Crippen molar-refractivity contribution in [3.05, 3.63) is 57.3 Å². The Bertz CT molecular complexity index is 1160. The molecule has 0 aliphatic rings. The van der Waals surface area contributed by atoms with Crippen LogP contribution in [-0.4, -0.2) is 27.8 Å². The number of rotatable bonds is 5. The predicted octanol–water partition coefficient (Wildman–Crippen LogP) is 1.98. The number of thiophene rings is 1. The Morgan fingerprint density at radius 2 is 2.04 bits per heavy atom. The monoisotopic (exact) mass is 396 g/mol. The number of fused-ring (bicyclic) bond motifs is 1. The highest BCUT2D eigenvalue weighted by Gasteiger charge is 2.21. The van der Waals surface area contributed by atoms with Gasteiger partial charge in [-0.1, -0.05) is 18.2 Å². The number of ether oxygens (including phenoxy) is 1. The predicted molar refractivity (Wildman–Crippen MR) is 104 cm³/mol. The van der Waals surface area contributed by atoms with Crippen LogP contribution in [0.2, 0.25) is 0 Å². The van der Waals surface area contributed by atoms with Crippen molar-refractivity contribution >= 4 is 39.0 Å². The maximum Gasteiger partial charge on any atom is 0.312 e. The SMILES string of the molecule is C[C@H](OC(=O)Cc1nn(C)c(=O)c2ccccc12)C(=O)Nc1sccc1C#N. The van der Waals surface area contributed by atoms with Gasteiger partial charge in [0.2, 0.25) is 0 Å². The first-order chi connectivity index (χ1) is 13.4. The molecule has 0 bridgehead atoms. The summed E-state index contributed by atoms with van der Waals surface area (Å²) in [5.74, 6) is -1.18. The Morgan fingerprint density at radius 3 is 2.75 bits per heavy atom. The summed E-state index contributed by atoms with van der Waals surface area (Å²) < 4.78 is 6.37. The van der Waals surface area contributed by atoms with Gasteiger partial charge in [0.15, 0.2) is 6.10 Å². The lowest BCUT2D eigenvalue weighted by atomic mass is 10.1. The van der Waals surface area contributed by atoms with E-state index in [-0.39, 0.29) is 12.0 Å². The van der Waals surface area contributed by atoms with Gasteiger partial charge in [0.1, 0.15) is 11.1 Å². The first-order valence-corrected chi connectivity index (χ1v) is 9.21. The smallest absolute Gasteiger partial charge is 0.312 e. The number of aryl methyl sites for hydroxylation is 1. The van der Waals surface area contributed by atoms with E-state index >= 15 is 0 Å². The van der Waals surface area contributed by atoms with E-state index in [0.29, 0.717) is 27.0 Å². The Hall–Kier alpha value is -3.51. The van der Waals surface area contributed by atoms with Gasteiger partial charge in [0, 0.05) is 12.4 Å². The van der Waals surface area contributed by atoms with Gasteiger partial charge >= 0.3 is 5.97 Å². The lowest BCUT2D eigenvalue weighted by molar-refractivity contribution is -0.152. The van der Waals surface area contributed by atoms with Crippen LogP contribution >= 0.6 is 11.3 Å². The van der Waals surface area contributed by atoms with Crippen LogP contribution in [0.15, 0.2) is 40.5 Å². The summed E-state index contributed by atoms with van der Waals surface area (Å²) in [7, 11) is 1.51. The number of carbonyl (C=O) groups is 2. The summed E-state index contributed by atoms with van der Waals surface area (Å²) in [4.78, 5) is 36.7. The average Bonchev–Trinajstić information content (AvgIpc) is 3.12. The van der Waals surface area contributed by atoms with Crippen LogP contribution in [0.5, 0.6) is 0 Å². The number of hydrogen-bond donors (Lipinski definition) is 1. The summed E-state index contributed by atoms with van der Waals surface area (Å²) in [5, 5.41) is 18.8. The fraction of sp³-hybridized carbons (Fsp3) is 0.211. The molecule has 8 nitrogen and oxygen atoms in total. The summed E-state index contributed by atoms with van der Waals surface area (Å²) in [5.41, 5.74) is 0.475. The summed E-state index contributed by atoms with van der Waals surface area (Å²) >= 11 is 1.21. The van der Waals surface area contributed by atoms with Gasteiger partial charge in [-0.05, 0) is 24.4 Å². The van der Waals surface area contributed by atoms with E-state index in [1.54, 1.807) is 35.7 Å². The lowest BCUT2D eigenvalue weighted by Gasteiger charge is -2.13. The van der Waals surface area contributed by atoms with Crippen LogP contribution in [0.4, 0.5) is 5.00 Å². The zero-order valence-electron chi connectivity index (χ0n) is 15.1. The second-order valence-electron chi connectivity index (χ2n) is 5.99. The first-order valence-electron chi connectivity index (χ1n) is 8.33. The Balaban J connectivity index is 1.71. The van der Waals surface area contributed by atoms with E-state index in [1.165, 1.54) is 30.0 Å². The van der Waals surface area contributed by atoms with Crippen molar-refractivity contribution in [2.24, 2.45) is 7.05 Å². The Kier molecular flexibility index (Phi) is 5.52. The molecule has 0 aliphatic heterocycles. The second-order valence-corrected chi connectivity index (χ2v) is 6.91. The quantitative estimate of drug-likeness (QED) is 0.660. The van der Waals surface area contributed by atoms with Crippen LogP contribution in [0.25, 0.3) is 10.8 Å². The molecular weight excluding hydrogens is 380 g/mol. The van der Waals surface area contributed by atoms with Crippen LogP contribution in [0.1, 0.15) is 18.2 Å². The Labute approximate surface area is 164 Å². The molecule has 3 rings (SSSR count). The minimum atomic E-state index is -1.06. The van der Waals surface area contributed by atoms with Gasteiger partial charge in [0.05, 0.1) is 23.1 Å². The molecule has 1 aromatic carbocycles. The number of anilines is 1. The van der Waals surface area contributed by atoms with Gasteiger partial charge in [0.25, 0.3) is 11.5 Å². The zero-order chi connectivity index (χ0) is 20.3. The molecule has 0 saturated heterocycles. The maximum atomic E-state index is 12.3. The number of esters is 1. The number of amides is 1. The zero-order valence-corrected chi connectivity index (χ0v) is 15.9. The van der Waals surface area contributed by atoms with Gasteiger partial charge in [-0.2, -0.15) is 10.4 Å². The molecule has 0 unspecified atom stereocenters. The van der Waals surface area contributed by atoms with Crippen molar-refractivity contribution in [1.29, 1.82) is 5.26 Å². The van der Waals surface area contributed by atoms with Crippen molar-refractivity contribution in [2.75, 3.05) is 5.32 Å². The van der Waals surface area contributed by atoms with E-state index in [1.807, 2.05) is 6.07 Å². The third-order valence-electron chi connectivity index (χ3n) is 4.04. The highest BCUT2D eigenvalue weighted by Crippen LogP contribution is 2.22. The number of benzene rings is 1. The molecule has 9 heteroatoms. The molecule has 2 heterocycles. The molecule has 1 N–H and O–H groups in total. The number of aromatic nitrogens is 2. The largest absolute Gasteiger partial charge is 0.452 e. The van der Waals surface area contributed by atoms with Crippen molar-refractivity contribution in [3.63, 3.8) is 0 Å². The van der Waals surface area contributed by atoms with Crippen molar-refractivity contribution < 1.29 is 14.3 Å². The minimum absolute atomic E-state index is 0.186. The summed E-state index contributed by atoms with van der Waals surface area (Å²) in [6.45, 7) is 1.44. The number of nitrogens with one attached hydrogen (secondary N) is 1. The second kappa shape index (κ2) is 8.02. The first kappa shape index (κ1) is 19.3. The summed E-state index contributed by atoms with van der Waals surface area (Å²) in [6.07, 6.45) is -1.24. The van der Waals surface area contributed by atoms with Crippen LogP contribution in [0, 0.1) is 11.3 Å². The molecular formula is C19H16N4O4S. The molecule has 0 aliphatic carbocycles. The van der Waals surface area contributed by atoms with Crippen LogP contribution < -0.4 is 10.9 Å². The molecule has 0 saturated carbocycles. The fourth-order valence-electron chi connectivity index (χ4n) is 2.64. The molecule has 0 fully saturated rings. The van der Waals surface area contributed by atoms with Crippen LogP contribution in [-0.2, 0) is 27.8 Å². The third-order valence-corrected chi connectivity index (χ3v) is 4.87. The molecule has 1 amide bonds. The average molecular weight is 396 g/mol. The number of nitrogens with zero attached hydrogens (tertiary/aromatic N) is 3. The van der Waals surface area contributed by atoms with Gasteiger partial charge in [-0.15, -0.1) is 11.3 Å². The highest BCUT2D eigenvalue weighted by molar-refractivity contribution is 7.14. The lowest BCUT2D eigenvalue weighted by Crippen LogP contribution is -2.31. The molecule has 142 valence electrons. The number of nitriles is 1. The fourth-order valence-corrected chi connectivity index (χ4v) is 3.38. The maximum absolute atomic E-state index is 12.3. The van der Waals surface area contributed by atoms with Crippen molar-refractivity contribution in [1.82, 2.24) is 9.78 Å². The third kappa shape index (κ3) is 3.92. The molecule has 1 atom stereocenters. The standard InChI is InChI=1S/C19H16N4O4S/c1-11(17(25)21-18-12(10-20)7-8-28-18)27-16(24)9-15-13-5-3-4-6-14(13)19(26)23(2)22-15/h3-8,11H,9H2,1-2H3,(H,21,25)/t11-/m0/s1. The van der Waals surface area contributed by atoms with Crippen LogP contribution in [0.3, 0.4) is 0 Å². The normalized spacial score (nSPS) is 11.6. The van der Waals surface area contributed by atoms with E-state index in [4.69, 9.17) is 10.00 Å². The van der Waals surface area contributed by atoms with Crippen molar-refractivity contribution in [3.8, 4) is 6.07 Å². The van der Waals surface area contributed by atoms with E-state index in [9.17, 15) is 14.4 Å². The molecule has 3 aromatic rings. The number of carbonyl (C=O) groups excluding carboxylic acids is 2. The minimum Gasteiger partial charge on any atom is -0.452 e. The van der Waals surface area contributed by atoms with Crippen molar-refractivity contribution in [2.45, 2.75) is 19.4 Å². The van der Waals surface area contributed by atoms with E-state index in [2.05, 4.69) is 10.4 Å². The topological polar surface area (TPSA) is 114 Å². The summed E-state index contributed by atoms with van der Waals surface area (Å²) in [6, 6.07) is 10.4. The molecule has 2 aromatic heterocycles. The molecule has 28 heavy (non-hydrogen) atoms. The highest BCUT2D eigenvalue weighted by atomic mass is 32.1. The van der Waals surface area contributed by atoms with E-state index < -0.39 is 18.0 Å². The molecule has 0 radical (unpaired) electrons. The number of hydrogen-bond acceptors (Lipinski definition) is 7. The molecule has 0 spiro atoms.